The summed E-state index contributed by atoms with van der Waals surface area (Å²) in [5, 5.41) is 13.3. The molecule has 33 heavy (non-hydrogen) atoms. The van der Waals surface area contributed by atoms with Gasteiger partial charge in [0.1, 0.15) is 12.8 Å². The Bertz CT molecular complexity index is 1260. The molecule has 3 aromatic carbocycles. The van der Waals surface area contributed by atoms with Crippen LogP contribution < -0.4 is 4.90 Å². The van der Waals surface area contributed by atoms with E-state index in [4.69, 9.17) is 0 Å². The first-order chi connectivity index (χ1) is 15.9. The summed E-state index contributed by atoms with van der Waals surface area (Å²) in [7, 11) is 2.16. The first-order valence-electron chi connectivity index (χ1n) is 11.9. The van der Waals surface area contributed by atoms with Gasteiger partial charge in [-0.2, -0.15) is 4.58 Å². The molecule has 1 aliphatic heterocycles. The molecule has 0 bridgehead atoms. The Morgan fingerprint density at radius 1 is 1.00 bits per heavy atom. The Morgan fingerprint density at radius 2 is 1.76 bits per heavy atom. The van der Waals surface area contributed by atoms with Gasteiger partial charge in [-0.25, -0.2) is 0 Å². The highest BCUT2D eigenvalue weighted by Crippen LogP contribution is 2.46. The van der Waals surface area contributed by atoms with Crippen LogP contribution in [-0.2, 0) is 5.41 Å². The molecule has 1 unspecified atom stereocenters. The lowest BCUT2D eigenvalue weighted by Crippen LogP contribution is -2.30. The molecule has 0 aliphatic carbocycles. The van der Waals surface area contributed by atoms with Crippen LogP contribution in [0.5, 0.6) is 5.75 Å². The van der Waals surface area contributed by atoms with E-state index in [2.05, 4.69) is 111 Å². The minimum absolute atomic E-state index is 0.145. The highest BCUT2D eigenvalue weighted by Gasteiger charge is 2.46. The van der Waals surface area contributed by atoms with Gasteiger partial charge in [-0.1, -0.05) is 42.5 Å². The second-order valence-corrected chi connectivity index (χ2v) is 8.98. The molecule has 3 aromatic rings. The van der Waals surface area contributed by atoms with Gasteiger partial charge in [-0.15, -0.1) is 0 Å². The molecule has 170 valence electrons. The molecule has 0 spiro atoms. The van der Waals surface area contributed by atoms with Crippen LogP contribution in [-0.4, -0.2) is 35.5 Å². The first kappa shape index (κ1) is 22.8. The average molecular weight is 440 g/mol. The molecule has 4 rings (SSSR count). The third kappa shape index (κ3) is 3.97. The number of phenols is 1. The lowest BCUT2D eigenvalue weighted by molar-refractivity contribution is -0.399. The summed E-state index contributed by atoms with van der Waals surface area (Å²) in [6.45, 7) is 10.5. The molecular weight excluding hydrogens is 404 g/mol. The SMILES string of the molecule is C/C=C/CC1(C)C(/C=C/c2ccc(N(CC)CC)cc2O)=[N+](C)c2c1ccc1ccccc21. The molecule has 0 aromatic heterocycles. The van der Waals surface area contributed by atoms with E-state index >= 15 is 0 Å². The number of rotatable bonds is 7. The van der Waals surface area contributed by atoms with Crippen LogP contribution in [0.1, 0.15) is 45.2 Å². The van der Waals surface area contributed by atoms with Crippen molar-refractivity contribution in [2.24, 2.45) is 0 Å². The summed E-state index contributed by atoms with van der Waals surface area (Å²) >= 11 is 0. The molecule has 0 amide bonds. The largest absolute Gasteiger partial charge is 0.507 e. The quantitative estimate of drug-likeness (QED) is 0.315. The van der Waals surface area contributed by atoms with Gasteiger partial charge in [-0.05, 0) is 63.8 Å². The molecule has 1 N–H and O–H groups in total. The predicted octanol–water partition coefficient (Wildman–Crippen LogP) is 7.06. The van der Waals surface area contributed by atoms with Crippen LogP contribution in [0.2, 0.25) is 0 Å². The number of hydrogen-bond acceptors (Lipinski definition) is 2. The van der Waals surface area contributed by atoms with E-state index in [1.807, 2.05) is 12.1 Å². The first-order valence-corrected chi connectivity index (χ1v) is 11.9. The topological polar surface area (TPSA) is 26.5 Å². The van der Waals surface area contributed by atoms with Crippen LogP contribution in [0.15, 0.2) is 72.8 Å². The molecule has 0 saturated heterocycles. The summed E-state index contributed by atoms with van der Waals surface area (Å²) in [5.74, 6) is 0.315. The van der Waals surface area contributed by atoms with Crippen molar-refractivity contribution in [1.29, 1.82) is 0 Å². The van der Waals surface area contributed by atoms with Crippen LogP contribution in [0.25, 0.3) is 16.8 Å². The fourth-order valence-corrected chi connectivity index (χ4v) is 5.18. The number of hydrogen-bond donors (Lipinski definition) is 1. The maximum Gasteiger partial charge on any atom is 0.217 e. The fraction of sp³-hybridized carbons (Fsp3) is 0.300. The zero-order chi connectivity index (χ0) is 23.6. The van der Waals surface area contributed by atoms with Gasteiger partial charge in [0.2, 0.25) is 5.69 Å². The average Bonchev–Trinajstić information content (AvgIpc) is 3.04. The van der Waals surface area contributed by atoms with Gasteiger partial charge >= 0.3 is 0 Å². The van der Waals surface area contributed by atoms with Crippen molar-refractivity contribution in [3.8, 4) is 5.75 Å². The number of fused-ring (bicyclic) bond motifs is 3. The number of allylic oxidation sites excluding steroid dienone is 3. The van der Waals surface area contributed by atoms with E-state index in [9.17, 15) is 5.11 Å². The Labute approximate surface area is 198 Å². The van der Waals surface area contributed by atoms with E-state index < -0.39 is 0 Å². The minimum Gasteiger partial charge on any atom is -0.507 e. The lowest BCUT2D eigenvalue weighted by atomic mass is 9.76. The molecule has 0 radical (unpaired) electrons. The Morgan fingerprint density at radius 3 is 2.45 bits per heavy atom. The minimum atomic E-state index is -0.145. The Hall–Kier alpha value is -3.33. The normalized spacial score (nSPS) is 18.1. The van der Waals surface area contributed by atoms with Crippen molar-refractivity contribution in [2.45, 2.75) is 39.5 Å². The van der Waals surface area contributed by atoms with Crippen molar-refractivity contribution in [1.82, 2.24) is 0 Å². The predicted molar refractivity (Wildman–Crippen MR) is 142 cm³/mol. The van der Waals surface area contributed by atoms with Crippen molar-refractivity contribution in [3.05, 3.63) is 84.0 Å². The van der Waals surface area contributed by atoms with E-state index in [1.54, 1.807) is 0 Å². The summed E-state index contributed by atoms with van der Waals surface area (Å²) in [5.41, 5.74) is 5.61. The van der Waals surface area contributed by atoms with E-state index in [-0.39, 0.29) is 5.41 Å². The summed E-state index contributed by atoms with van der Waals surface area (Å²) in [6.07, 6.45) is 9.54. The zero-order valence-corrected chi connectivity index (χ0v) is 20.5. The maximum absolute atomic E-state index is 10.7. The summed E-state index contributed by atoms with van der Waals surface area (Å²) < 4.78 is 2.33. The molecule has 0 saturated carbocycles. The smallest absolute Gasteiger partial charge is 0.217 e. The monoisotopic (exact) mass is 439 g/mol. The Balaban J connectivity index is 1.80. The number of aromatic hydroxyl groups is 1. The van der Waals surface area contributed by atoms with Crippen molar-refractivity contribution >= 4 is 33.9 Å². The van der Waals surface area contributed by atoms with Crippen LogP contribution in [0.3, 0.4) is 0 Å². The number of nitrogens with zero attached hydrogens (tertiary/aromatic N) is 2. The second-order valence-electron chi connectivity index (χ2n) is 8.98. The van der Waals surface area contributed by atoms with E-state index in [0.717, 1.165) is 30.8 Å². The molecule has 1 aliphatic rings. The number of benzene rings is 3. The fourth-order valence-electron chi connectivity index (χ4n) is 5.18. The van der Waals surface area contributed by atoms with Gasteiger partial charge in [0.25, 0.3) is 0 Å². The standard InChI is InChI=1S/C30H34N2O/c1-6-9-20-30(4)26-18-15-22-12-10-11-13-25(22)29(26)31(5)28(30)19-16-23-14-17-24(21-27(23)33)32(7-2)8-3/h6,9-19,21H,7-8,20H2,1-5H3/p+1/b9-6+. The van der Waals surface area contributed by atoms with Gasteiger partial charge in [0.05, 0.1) is 10.8 Å². The number of phenolic OH excluding ortho intramolecular Hbond substituents is 1. The highest BCUT2D eigenvalue weighted by molar-refractivity contribution is 6.09. The third-order valence-electron chi connectivity index (χ3n) is 7.08. The van der Waals surface area contributed by atoms with Crippen LogP contribution in [0, 0.1) is 0 Å². The van der Waals surface area contributed by atoms with Gasteiger partial charge < -0.3 is 10.0 Å². The lowest BCUT2D eigenvalue weighted by Gasteiger charge is -2.21. The van der Waals surface area contributed by atoms with Crippen LogP contribution in [0.4, 0.5) is 11.4 Å². The van der Waals surface area contributed by atoms with Crippen molar-refractivity contribution < 1.29 is 9.68 Å². The molecule has 3 heteroatoms. The third-order valence-corrected chi connectivity index (χ3v) is 7.08. The second kappa shape index (κ2) is 9.27. The summed E-state index contributed by atoms with van der Waals surface area (Å²) in [6, 6.07) is 19.1. The molecule has 0 fully saturated rings. The van der Waals surface area contributed by atoms with E-state index in [1.165, 1.54) is 27.7 Å². The van der Waals surface area contributed by atoms with Gasteiger partial charge in [0, 0.05) is 42.0 Å². The van der Waals surface area contributed by atoms with Crippen LogP contribution >= 0.6 is 0 Å². The van der Waals surface area contributed by atoms with Gasteiger partial charge in [-0.3, -0.25) is 0 Å². The zero-order valence-electron chi connectivity index (χ0n) is 20.5. The van der Waals surface area contributed by atoms with Crippen molar-refractivity contribution in [3.63, 3.8) is 0 Å². The highest BCUT2D eigenvalue weighted by atomic mass is 16.3. The number of anilines is 1. The van der Waals surface area contributed by atoms with E-state index in [0.29, 0.717) is 5.75 Å². The molecule has 3 nitrogen and oxygen atoms in total. The Kier molecular flexibility index (Phi) is 6.42. The van der Waals surface area contributed by atoms with Gasteiger partial charge in [0.15, 0.2) is 5.71 Å². The summed E-state index contributed by atoms with van der Waals surface area (Å²) in [4.78, 5) is 2.24. The molecule has 1 heterocycles. The maximum atomic E-state index is 10.7. The van der Waals surface area contributed by atoms with Crippen molar-refractivity contribution in [2.75, 3.05) is 25.0 Å². The molecular formula is C30H35N2O+. The molecule has 1 atom stereocenters.